The number of hydrogen-bond donors (Lipinski definition) is 0. The zero-order valence-corrected chi connectivity index (χ0v) is 14.4. The number of nitrogens with zero attached hydrogens (tertiary/aromatic N) is 1. The third-order valence-electron chi connectivity index (χ3n) is 5.42. The second kappa shape index (κ2) is 7.25. The molecule has 2 fully saturated rings. The van der Waals surface area contributed by atoms with Crippen LogP contribution in [0.2, 0.25) is 0 Å². The minimum Gasteiger partial charge on any atom is -0.468 e. The van der Waals surface area contributed by atoms with E-state index in [4.69, 9.17) is 9.47 Å². The van der Waals surface area contributed by atoms with Gasteiger partial charge in [-0.2, -0.15) is 0 Å². The number of ketones is 1. The van der Waals surface area contributed by atoms with Crippen LogP contribution in [-0.2, 0) is 25.7 Å². The van der Waals surface area contributed by atoms with Gasteiger partial charge in [0.15, 0.2) is 5.78 Å². The summed E-state index contributed by atoms with van der Waals surface area (Å²) in [4.78, 5) is 38.2. The van der Waals surface area contributed by atoms with Crippen molar-refractivity contribution >= 4 is 17.8 Å². The fourth-order valence-electron chi connectivity index (χ4n) is 3.84. The van der Waals surface area contributed by atoms with E-state index in [1.54, 1.807) is 4.90 Å². The molecule has 3 rings (SSSR count). The number of methoxy groups -OCH3 is 1. The van der Waals surface area contributed by atoms with Gasteiger partial charge in [0.2, 0.25) is 0 Å². The number of rotatable bonds is 3. The number of carbonyl (C=O) groups is 3. The van der Waals surface area contributed by atoms with Gasteiger partial charge in [-0.3, -0.25) is 9.59 Å². The molecule has 0 aromatic heterocycles. The van der Waals surface area contributed by atoms with E-state index in [1.807, 2.05) is 30.3 Å². The molecular formula is C19H23NO5. The summed E-state index contributed by atoms with van der Waals surface area (Å²) in [6.45, 7) is 1.20. The highest BCUT2D eigenvalue weighted by Gasteiger charge is 2.52. The summed E-state index contributed by atoms with van der Waals surface area (Å²) in [6, 6.07) is 9.52. The SMILES string of the molecule is COC(=O)C1CCC2(CCN(C(=O)OCc3ccccc3)CC2)C1=O. The average Bonchev–Trinajstić information content (AvgIpc) is 2.97. The zero-order valence-electron chi connectivity index (χ0n) is 14.4. The summed E-state index contributed by atoms with van der Waals surface area (Å²) in [5, 5.41) is 0. The van der Waals surface area contributed by atoms with Gasteiger partial charge in [0, 0.05) is 18.5 Å². The van der Waals surface area contributed by atoms with Gasteiger partial charge >= 0.3 is 12.1 Å². The molecule has 25 heavy (non-hydrogen) atoms. The standard InChI is InChI=1S/C19H23NO5/c1-24-17(22)15-7-8-19(16(15)21)9-11-20(12-10-19)18(23)25-13-14-5-3-2-4-6-14/h2-6,15H,7-13H2,1H3. The monoisotopic (exact) mass is 345 g/mol. The number of benzene rings is 1. The largest absolute Gasteiger partial charge is 0.468 e. The Bertz CT molecular complexity index is 649. The Balaban J connectivity index is 1.52. The van der Waals surface area contributed by atoms with Gasteiger partial charge < -0.3 is 14.4 Å². The van der Waals surface area contributed by atoms with Crippen LogP contribution in [-0.4, -0.2) is 42.9 Å². The van der Waals surface area contributed by atoms with Gasteiger partial charge in [0.1, 0.15) is 12.5 Å². The molecule has 1 aliphatic carbocycles. The zero-order chi connectivity index (χ0) is 17.9. The lowest BCUT2D eigenvalue weighted by Gasteiger charge is -2.37. The van der Waals surface area contributed by atoms with E-state index in [0.29, 0.717) is 38.8 Å². The van der Waals surface area contributed by atoms with E-state index in [2.05, 4.69) is 0 Å². The molecule has 1 aliphatic heterocycles. The molecule has 6 heteroatoms. The lowest BCUT2D eigenvalue weighted by atomic mass is 9.75. The average molecular weight is 345 g/mol. The van der Waals surface area contributed by atoms with Crippen molar-refractivity contribution in [2.75, 3.05) is 20.2 Å². The fourth-order valence-corrected chi connectivity index (χ4v) is 3.84. The molecule has 1 saturated carbocycles. The first-order chi connectivity index (χ1) is 12.1. The van der Waals surface area contributed by atoms with Crippen molar-refractivity contribution in [1.29, 1.82) is 0 Å². The Morgan fingerprint density at radius 2 is 1.84 bits per heavy atom. The molecule has 1 heterocycles. The molecule has 0 N–H and O–H groups in total. The quantitative estimate of drug-likeness (QED) is 0.622. The van der Waals surface area contributed by atoms with Gasteiger partial charge in [-0.1, -0.05) is 30.3 Å². The maximum absolute atomic E-state index is 12.6. The van der Waals surface area contributed by atoms with E-state index in [1.165, 1.54) is 7.11 Å². The van der Waals surface area contributed by atoms with E-state index < -0.39 is 17.3 Å². The molecule has 1 saturated heterocycles. The number of likely N-dealkylation sites (tertiary alicyclic amines) is 1. The highest BCUT2D eigenvalue weighted by atomic mass is 16.6. The van der Waals surface area contributed by atoms with Gasteiger partial charge in [0.05, 0.1) is 7.11 Å². The van der Waals surface area contributed by atoms with Gasteiger partial charge in [-0.25, -0.2) is 4.79 Å². The van der Waals surface area contributed by atoms with Crippen LogP contribution in [0.25, 0.3) is 0 Å². The van der Waals surface area contributed by atoms with Crippen molar-refractivity contribution in [1.82, 2.24) is 4.90 Å². The third kappa shape index (κ3) is 3.52. The van der Waals surface area contributed by atoms with Crippen LogP contribution in [0, 0.1) is 11.3 Å². The van der Waals surface area contributed by atoms with Crippen LogP contribution in [0.15, 0.2) is 30.3 Å². The summed E-state index contributed by atoms with van der Waals surface area (Å²) in [5.74, 6) is -1.09. The summed E-state index contributed by atoms with van der Waals surface area (Å²) < 4.78 is 10.1. The van der Waals surface area contributed by atoms with Crippen molar-refractivity contribution in [3.63, 3.8) is 0 Å². The van der Waals surface area contributed by atoms with E-state index in [9.17, 15) is 14.4 Å². The van der Waals surface area contributed by atoms with E-state index >= 15 is 0 Å². The lowest BCUT2D eigenvalue weighted by molar-refractivity contribution is -0.150. The maximum atomic E-state index is 12.6. The Kier molecular flexibility index (Phi) is 5.06. The Morgan fingerprint density at radius 1 is 1.16 bits per heavy atom. The second-order valence-corrected chi connectivity index (χ2v) is 6.79. The Morgan fingerprint density at radius 3 is 2.48 bits per heavy atom. The number of hydrogen-bond acceptors (Lipinski definition) is 5. The van der Waals surface area contributed by atoms with Crippen LogP contribution < -0.4 is 0 Å². The first-order valence-electron chi connectivity index (χ1n) is 8.63. The molecular weight excluding hydrogens is 322 g/mol. The molecule has 1 aromatic carbocycles. The minimum atomic E-state index is -0.637. The highest BCUT2D eigenvalue weighted by molar-refractivity contribution is 6.03. The van der Waals surface area contributed by atoms with Crippen LogP contribution in [0.4, 0.5) is 4.79 Å². The van der Waals surface area contributed by atoms with Crippen molar-refractivity contribution in [3.8, 4) is 0 Å². The molecule has 6 nitrogen and oxygen atoms in total. The second-order valence-electron chi connectivity index (χ2n) is 6.79. The molecule has 1 unspecified atom stereocenters. The molecule has 2 aliphatic rings. The highest BCUT2D eigenvalue weighted by Crippen LogP contribution is 2.46. The molecule has 1 aromatic rings. The first-order valence-corrected chi connectivity index (χ1v) is 8.63. The normalized spacial score (nSPS) is 22.0. The van der Waals surface area contributed by atoms with E-state index in [-0.39, 0.29) is 18.5 Å². The summed E-state index contributed by atoms with van der Waals surface area (Å²) in [6.07, 6.45) is 2.05. The Labute approximate surface area is 147 Å². The predicted molar refractivity (Wildman–Crippen MR) is 89.6 cm³/mol. The van der Waals surface area contributed by atoms with Crippen LogP contribution >= 0.6 is 0 Å². The van der Waals surface area contributed by atoms with Crippen molar-refractivity contribution in [3.05, 3.63) is 35.9 Å². The van der Waals surface area contributed by atoms with Crippen LogP contribution in [0.3, 0.4) is 0 Å². The fraction of sp³-hybridized carbons (Fsp3) is 0.526. The van der Waals surface area contributed by atoms with Gasteiger partial charge in [0.25, 0.3) is 0 Å². The van der Waals surface area contributed by atoms with Crippen molar-refractivity contribution in [2.45, 2.75) is 32.3 Å². The molecule has 1 amide bonds. The number of Topliss-reactive ketones (excluding diaryl/α,β-unsaturated/α-hetero) is 1. The van der Waals surface area contributed by atoms with Crippen molar-refractivity contribution in [2.24, 2.45) is 11.3 Å². The topological polar surface area (TPSA) is 72.9 Å². The van der Waals surface area contributed by atoms with Crippen LogP contribution in [0.1, 0.15) is 31.2 Å². The predicted octanol–water partition coefficient (Wildman–Crippen LogP) is 2.56. The molecule has 0 bridgehead atoms. The summed E-state index contributed by atoms with van der Waals surface area (Å²) >= 11 is 0. The van der Waals surface area contributed by atoms with Crippen LogP contribution in [0.5, 0.6) is 0 Å². The number of piperidine rings is 1. The molecule has 134 valence electrons. The lowest BCUT2D eigenvalue weighted by Crippen LogP contribution is -2.46. The minimum absolute atomic E-state index is 0.0170. The third-order valence-corrected chi connectivity index (χ3v) is 5.42. The number of carbonyl (C=O) groups excluding carboxylic acids is 3. The molecule has 1 spiro atoms. The number of esters is 1. The summed E-state index contributed by atoms with van der Waals surface area (Å²) in [5.41, 5.74) is 0.464. The van der Waals surface area contributed by atoms with Gasteiger partial charge in [-0.15, -0.1) is 0 Å². The molecule has 1 atom stereocenters. The molecule has 0 radical (unpaired) electrons. The Hall–Kier alpha value is -2.37. The van der Waals surface area contributed by atoms with Gasteiger partial charge in [-0.05, 0) is 31.2 Å². The maximum Gasteiger partial charge on any atom is 0.410 e. The first kappa shape index (κ1) is 17.5. The smallest absolute Gasteiger partial charge is 0.410 e. The number of amides is 1. The summed E-state index contributed by atoms with van der Waals surface area (Å²) in [7, 11) is 1.31. The number of ether oxygens (including phenoxy) is 2. The van der Waals surface area contributed by atoms with E-state index in [0.717, 1.165) is 5.56 Å². The van der Waals surface area contributed by atoms with Crippen molar-refractivity contribution < 1.29 is 23.9 Å².